The smallest absolute Gasteiger partial charge is 0.243 e. The van der Waals surface area contributed by atoms with Crippen molar-refractivity contribution in [3.8, 4) is 17.2 Å². The molecule has 2 aliphatic heterocycles. The van der Waals surface area contributed by atoms with Gasteiger partial charge in [-0.2, -0.15) is 5.10 Å². The topological polar surface area (TPSA) is 89.2 Å². The van der Waals surface area contributed by atoms with Gasteiger partial charge in [0.1, 0.15) is 17.9 Å². The van der Waals surface area contributed by atoms with Gasteiger partial charge in [-0.3, -0.25) is 9.69 Å². The second kappa shape index (κ2) is 11.0. The fourth-order valence-electron chi connectivity index (χ4n) is 5.40. The van der Waals surface area contributed by atoms with Gasteiger partial charge in [-0.25, -0.2) is 10.4 Å². The molecule has 0 saturated carbocycles. The summed E-state index contributed by atoms with van der Waals surface area (Å²) in [5.41, 5.74) is 6.88. The number of nitrogens with zero attached hydrogens (tertiary/aromatic N) is 3. The monoisotopic (exact) mass is 504 g/mol. The molecule has 1 fully saturated rings. The predicted octanol–water partition coefficient (Wildman–Crippen LogP) is 4.87. The van der Waals surface area contributed by atoms with Crippen LogP contribution in [0.5, 0.6) is 5.75 Å². The van der Waals surface area contributed by atoms with Gasteiger partial charge in [-0.1, -0.05) is 26.3 Å². The lowest BCUT2D eigenvalue weighted by Crippen LogP contribution is -2.46. The highest BCUT2D eigenvalue weighted by molar-refractivity contribution is 6.07. The number of fused-ring (bicyclic) bond motifs is 1. The molecule has 0 bridgehead atoms. The summed E-state index contributed by atoms with van der Waals surface area (Å²) in [5, 5.41) is 4.37. The maximum atomic E-state index is 12.3. The normalized spacial score (nSPS) is 24.6. The number of hydrogen-bond donors (Lipinski definition) is 1. The fourth-order valence-corrected chi connectivity index (χ4v) is 5.40. The molecule has 0 radical (unpaired) electrons. The van der Waals surface area contributed by atoms with Crippen molar-refractivity contribution in [2.24, 2.45) is 16.9 Å². The number of amides is 1. The zero-order valence-electron chi connectivity index (χ0n) is 22.1. The molecule has 1 aromatic heterocycles. The molecule has 8 heteroatoms. The maximum absolute atomic E-state index is 12.3. The molecule has 0 aliphatic carbocycles. The van der Waals surface area contributed by atoms with Crippen molar-refractivity contribution in [3.63, 3.8) is 0 Å². The Morgan fingerprint density at radius 3 is 2.51 bits per heavy atom. The van der Waals surface area contributed by atoms with Crippen LogP contribution in [0, 0.1) is 11.8 Å². The largest absolute Gasteiger partial charge is 0.492 e. The Morgan fingerprint density at radius 2 is 1.78 bits per heavy atom. The highest BCUT2D eigenvalue weighted by atomic mass is 16.5. The SMILES string of the molecule is CCCC1C(=O)NN=C(c2ccc3nc(-c4ccc(OCCN5CC(C)OC(C)C5)cc4)oc3c2)C1C. The quantitative estimate of drug-likeness (QED) is 0.471. The average Bonchev–Trinajstić information content (AvgIpc) is 3.30. The summed E-state index contributed by atoms with van der Waals surface area (Å²) in [6.07, 6.45) is 2.31. The van der Waals surface area contributed by atoms with Gasteiger partial charge < -0.3 is 13.9 Å². The Balaban J connectivity index is 1.24. The van der Waals surface area contributed by atoms with E-state index in [0.717, 1.165) is 60.6 Å². The molecule has 37 heavy (non-hydrogen) atoms. The van der Waals surface area contributed by atoms with E-state index < -0.39 is 0 Å². The van der Waals surface area contributed by atoms with Crippen molar-refractivity contribution >= 4 is 22.7 Å². The number of hydrazone groups is 1. The Morgan fingerprint density at radius 1 is 1.05 bits per heavy atom. The van der Waals surface area contributed by atoms with Crippen LogP contribution in [0.2, 0.25) is 0 Å². The minimum absolute atomic E-state index is 0.00107. The van der Waals surface area contributed by atoms with Crippen LogP contribution in [0.15, 0.2) is 52.0 Å². The molecular formula is C29H36N4O4. The first kappa shape index (κ1) is 25.4. The number of hydrogen-bond acceptors (Lipinski definition) is 7. The standard InChI is InChI=1S/C29H36N4O4/c1-5-6-24-20(4)27(31-32-28(24)34)22-9-12-25-26(15-22)37-29(30-25)21-7-10-23(11-8-21)35-14-13-33-16-18(2)36-19(3)17-33/h7-12,15,18-20,24H,5-6,13-14,16-17H2,1-4H3,(H,32,34). The first-order chi connectivity index (χ1) is 17.9. The molecule has 1 N–H and O–H groups in total. The van der Waals surface area contributed by atoms with Crippen LogP contribution in [0.1, 0.15) is 46.1 Å². The van der Waals surface area contributed by atoms with Gasteiger partial charge in [-0.05, 0) is 56.7 Å². The minimum atomic E-state index is -0.0693. The van der Waals surface area contributed by atoms with Crippen molar-refractivity contribution in [1.82, 2.24) is 15.3 Å². The summed E-state index contributed by atoms with van der Waals surface area (Å²) in [6.45, 7) is 11.8. The van der Waals surface area contributed by atoms with E-state index in [0.29, 0.717) is 18.1 Å². The summed E-state index contributed by atoms with van der Waals surface area (Å²) in [7, 11) is 0. The Labute approximate surface area is 218 Å². The van der Waals surface area contributed by atoms with E-state index in [-0.39, 0.29) is 30.0 Å². The first-order valence-electron chi connectivity index (χ1n) is 13.3. The summed E-state index contributed by atoms with van der Waals surface area (Å²) in [5.74, 6) is 1.35. The summed E-state index contributed by atoms with van der Waals surface area (Å²) in [4.78, 5) is 19.3. The van der Waals surface area contributed by atoms with Crippen LogP contribution in [0.25, 0.3) is 22.6 Å². The predicted molar refractivity (Wildman–Crippen MR) is 144 cm³/mol. The van der Waals surface area contributed by atoms with E-state index in [1.54, 1.807) is 0 Å². The second-order valence-electron chi connectivity index (χ2n) is 10.2. The number of nitrogens with one attached hydrogen (secondary N) is 1. The number of morpholine rings is 1. The van der Waals surface area contributed by atoms with Crippen molar-refractivity contribution in [1.29, 1.82) is 0 Å². The first-order valence-corrected chi connectivity index (χ1v) is 13.3. The van der Waals surface area contributed by atoms with Crippen LogP contribution in [-0.2, 0) is 9.53 Å². The van der Waals surface area contributed by atoms with Gasteiger partial charge in [0, 0.05) is 42.6 Å². The third-order valence-electron chi connectivity index (χ3n) is 7.21. The van der Waals surface area contributed by atoms with Crippen molar-refractivity contribution in [2.45, 2.75) is 52.7 Å². The molecule has 1 amide bonds. The van der Waals surface area contributed by atoms with E-state index in [1.807, 2.05) is 42.5 Å². The van der Waals surface area contributed by atoms with E-state index >= 15 is 0 Å². The van der Waals surface area contributed by atoms with E-state index in [9.17, 15) is 4.79 Å². The molecular weight excluding hydrogens is 468 g/mol. The number of oxazole rings is 1. The summed E-state index contributed by atoms with van der Waals surface area (Å²) < 4.78 is 17.9. The fraction of sp³-hybridized carbons (Fsp3) is 0.483. The molecule has 3 aromatic rings. The molecule has 2 aromatic carbocycles. The van der Waals surface area contributed by atoms with Crippen molar-refractivity contribution < 1.29 is 18.7 Å². The third kappa shape index (κ3) is 5.70. The molecule has 0 spiro atoms. The highest BCUT2D eigenvalue weighted by Gasteiger charge is 2.32. The van der Waals surface area contributed by atoms with Gasteiger partial charge >= 0.3 is 0 Å². The van der Waals surface area contributed by atoms with Crippen LogP contribution in [0.3, 0.4) is 0 Å². The van der Waals surface area contributed by atoms with Crippen LogP contribution in [0.4, 0.5) is 0 Å². The number of carbonyl (C=O) groups is 1. The molecule has 4 atom stereocenters. The van der Waals surface area contributed by atoms with Crippen molar-refractivity contribution in [3.05, 3.63) is 48.0 Å². The number of rotatable bonds is 8. The molecule has 1 saturated heterocycles. The molecule has 3 heterocycles. The molecule has 196 valence electrons. The van der Waals surface area contributed by atoms with Crippen LogP contribution < -0.4 is 10.2 Å². The highest BCUT2D eigenvalue weighted by Crippen LogP contribution is 2.30. The van der Waals surface area contributed by atoms with E-state index in [2.05, 4.69) is 48.1 Å². The number of aromatic nitrogens is 1. The lowest BCUT2D eigenvalue weighted by Gasteiger charge is -2.35. The average molecular weight is 505 g/mol. The molecule has 4 unspecified atom stereocenters. The van der Waals surface area contributed by atoms with Gasteiger partial charge in [0.2, 0.25) is 11.8 Å². The Bertz CT molecular complexity index is 1260. The summed E-state index contributed by atoms with van der Waals surface area (Å²) in [6, 6.07) is 13.8. The lowest BCUT2D eigenvalue weighted by atomic mass is 9.82. The van der Waals surface area contributed by atoms with Crippen molar-refractivity contribution in [2.75, 3.05) is 26.2 Å². The zero-order valence-corrected chi connectivity index (χ0v) is 22.1. The van der Waals surface area contributed by atoms with Gasteiger partial charge in [0.15, 0.2) is 5.58 Å². The number of ether oxygens (including phenoxy) is 2. The second-order valence-corrected chi connectivity index (χ2v) is 10.2. The van der Waals surface area contributed by atoms with E-state index in [1.165, 1.54) is 0 Å². The van der Waals surface area contributed by atoms with Gasteiger partial charge in [0.05, 0.1) is 17.9 Å². The Kier molecular flexibility index (Phi) is 7.58. The Hall–Kier alpha value is -3.23. The molecule has 5 rings (SSSR count). The van der Waals surface area contributed by atoms with Crippen LogP contribution >= 0.6 is 0 Å². The number of carbonyl (C=O) groups excluding carboxylic acids is 1. The zero-order chi connectivity index (χ0) is 25.9. The maximum Gasteiger partial charge on any atom is 0.243 e. The third-order valence-corrected chi connectivity index (χ3v) is 7.21. The lowest BCUT2D eigenvalue weighted by molar-refractivity contribution is -0.126. The molecule has 2 aliphatic rings. The summed E-state index contributed by atoms with van der Waals surface area (Å²) >= 11 is 0. The van der Waals surface area contributed by atoms with Gasteiger partial charge in [-0.15, -0.1) is 0 Å². The minimum Gasteiger partial charge on any atom is -0.492 e. The number of benzene rings is 2. The molecule has 8 nitrogen and oxygen atoms in total. The van der Waals surface area contributed by atoms with Gasteiger partial charge in [0.25, 0.3) is 0 Å². The van der Waals surface area contributed by atoms with Crippen LogP contribution in [-0.4, -0.2) is 60.0 Å². The van der Waals surface area contributed by atoms with E-state index in [4.69, 9.17) is 13.9 Å².